The first-order valence-corrected chi connectivity index (χ1v) is 18.5. The number of pyridine rings is 1. The van der Waals surface area contributed by atoms with E-state index in [0.29, 0.717) is 22.5 Å². The molecule has 0 spiro atoms. The largest absolute Gasteiger partial charge is 0.479 e. The molecule has 262 valence electrons. The minimum Gasteiger partial charge on any atom is -0.479 e. The van der Waals surface area contributed by atoms with Gasteiger partial charge in [-0.25, -0.2) is 14.8 Å². The number of hydrogen-bond donors (Lipinski definition) is 1. The van der Waals surface area contributed by atoms with Gasteiger partial charge in [0.1, 0.15) is 10.5 Å². The second kappa shape index (κ2) is 13.3. The predicted molar refractivity (Wildman–Crippen MR) is 198 cm³/mol. The number of hydrogen-bond acceptors (Lipinski definition) is 8. The molecule has 1 atom stereocenters. The molecule has 2 aliphatic rings. The van der Waals surface area contributed by atoms with Gasteiger partial charge < -0.3 is 14.7 Å². The summed E-state index contributed by atoms with van der Waals surface area (Å²) in [7, 11) is 0. The van der Waals surface area contributed by atoms with Crippen LogP contribution in [0, 0.1) is 6.92 Å². The third-order valence-corrected chi connectivity index (χ3v) is 11.3. The number of benzene rings is 2. The van der Waals surface area contributed by atoms with E-state index in [4.69, 9.17) is 31.4 Å². The summed E-state index contributed by atoms with van der Waals surface area (Å²) in [5.41, 5.74) is 6.81. The molecule has 12 heteroatoms. The number of carboxylic acids is 1. The van der Waals surface area contributed by atoms with E-state index < -0.39 is 17.7 Å². The van der Waals surface area contributed by atoms with Crippen molar-refractivity contribution >= 4 is 56.1 Å². The number of aryl methyl sites for hydroxylation is 2. The van der Waals surface area contributed by atoms with Gasteiger partial charge in [-0.3, -0.25) is 14.4 Å². The van der Waals surface area contributed by atoms with Crippen molar-refractivity contribution in [3.8, 4) is 21.8 Å². The highest BCUT2D eigenvalue weighted by molar-refractivity contribution is 7.22. The molecule has 0 saturated carbocycles. The molecule has 0 aliphatic carbocycles. The van der Waals surface area contributed by atoms with Crippen LogP contribution >= 0.6 is 22.9 Å². The van der Waals surface area contributed by atoms with E-state index in [2.05, 4.69) is 17.9 Å². The fourth-order valence-electron chi connectivity index (χ4n) is 7.34. The Hall–Kier alpha value is -3.90. The lowest BCUT2D eigenvalue weighted by Crippen LogP contribution is -2.61. The Bertz CT molecular complexity index is 2090. The van der Waals surface area contributed by atoms with Crippen molar-refractivity contribution in [1.82, 2.24) is 29.5 Å². The third kappa shape index (κ3) is 6.52. The average molecular weight is 715 g/mol. The van der Waals surface area contributed by atoms with Crippen molar-refractivity contribution in [2.75, 3.05) is 26.2 Å². The molecule has 2 aromatic carbocycles. The molecule has 2 saturated heterocycles. The number of fused-ring (bicyclic) bond motifs is 2. The number of nitrogens with zero attached hydrogens (tertiary/aromatic N) is 6. The van der Waals surface area contributed by atoms with Crippen LogP contribution in [0.2, 0.25) is 5.02 Å². The maximum atomic E-state index is 12.8. The van der Waals surface area contributed by atoms with Crippen LogP contribution in [0.1, 0.15) is 76.3 Å². The lowest BCUT2D eigenvalue weighted by Gasteiger charge is -2.47. The van der Waals surface area contributed by atoms with Crippen LogP contribution in [-0.4, -0.2) is 84.4 Å². The number of ether oxygens (including phenoxy) is 1. The fraction of sp³-hybridized carbons (Fsp3) is 0.447. The highest BCUT2D eigenvalue weighted by Crippen LogP contribution is 2.44. The Morgan fingerprint density at radius 3 is 2.40 bits per heavy atom. The van der Waals surface area contributed by atoms with E-state index >= 15 is 0 Å². The topological polar surface area (TPSA) is 114 Å². The molecule has 2 aliphatic heterocycles. The first-order valence-electron chi connectivity index (χ1n) is 17.3. The maximum Gasteiger partial charge on any atom is 0.337 e. The van der Waals surface area contributed by atoms with Gasteiger partial charge in [-0.05, 0) is 102 Å². The van der Waals surface area contributed by atoms with Gasteiger partial charge in [0, 0.05) is 54.7 Å². The van der Waals surface area contributed by atoms with Crippen molar-refractivity contribution in [2.24, 2.45) is 0 Å². The summed E-state index contributed by atoms with van der Waals surface area (Å²) in [6.07, 6.45) is 0.803. The third-order valence-electron chi connectivity index (χ3n) is 9.90. The summed E-state index contributed by atoms with van der Waals surface area (Å²) in [5, 5.41) is 16.9. The summed E-state index contributed by atoms with van der Waals surface area (Å²) in [5.74, 6) is -0.605. The number of halogens is 1. The number of thiazole rings is 1. The number of carboxylic acid groups (broad SMARTS) is 1. The van der Waals surface area contributed by atoms with Gasteiger partial charge in [0.2, 0.25) is 5.91 Å². The van der Waals surface area contributed by atoms with Crippen LogP contribution in [0.5, 0.6) is 0 Å². The van der Waals surface area contributed by atoms with Gasteiger partial charge in [-0.2, -0.15) is 5.10 Å². The van der Waals surface area contributed by atoms with E-state index in [9.17, 15) is 14.7 Å². The first-order chi connectivity index (χ1) is 23.8. The zero-order valence-corrected chi connectivity index (χ0v) is 30.9. The predicted octanol–water partition coefficient (Wildman–Crippen LogP) is 7.71. The Kier molecular flexibility index (Phi) is 9.21. The van der Waals surface area contributed by atoms with E-state index in [1.165, 1.54) is 11.3 Å². The molecule has 2 fully saturated rings. The smallest absolute Gasteiger partial charge is 0.337 e. The lowest BCUT2D eigenvalue weighted by molar-refractivity contribution is -0.160. The van der Waals surface area contributed by atoms with Crippen LogP contribution in [-0.2, 0) is 20.9 Å². The van der Waals surface area contributed by atoms with Crippen molar-refractivity contribution in [3.63, 3.8) is 0 Å². The molecule has 50 heavy (non-hydrogen) atoms. The van der Waals surface area contributed by atoms with Crippen LogP contribution in [0.25, 0.3) is 43.1 Å². The van der Waals surface area contributed by atoms with Crippen LogP contribution in [0.4, 0.5) is 0 Å². The van der Waals surface area contributed by atoms with Crippen LogP contribution in [0.15, 0.2) is 42.5 Å². The molecular formula is C38H43ClN6O4S. The second-order valence-electron chi connectivity index (χ2n) is 14.5. The summed E-state index contributed by atoms with van der Waals surface area (Å²) in [6.45, 7) is 15.6. The number of aliphatic carboxylic acids is 1. The number of aromatic nitrogens is 4. The highest BCUT2D eigenvalue weighted by Gasteiger charge is 2.37. The summed E-state index contributed by atoms with van der Waals surface area (Å²) in [4.78, 5) is 39.2. The summed E-state index contributed by atoms with van der Waals surface area (Å²) >= 11 is 7.79. The van der Waals surface area contributed by atoms with Gasteiger partial charge in [-0.1, -0.05) is 23.7 Å². The maximum absolute atomic E-state index is 12.8. The molecule has 10 nitrogen and oxygen atoms in total. The molecule has 3 aromatic heterocycles. The molecule has 5 aromatic rings. The molecule has 5 heterocycles. The lowest BCUT2D eigenvalue weighted by atomic mass is 9.91. The quantitative estimate of drug-likeness (QED) is 0.174. The van der Waals surface area contributed by atoms with Gasteiger partial charge >= 0.3 is 5.97 Å². The zero-order valence-electron chi connectivity index (χ0n) is 29.4. The highest BCUT2D eigenvalue weighted by atomic mass is 35.5. The Labute approximate surface area is 301 Å². The number of piperidine rings is 1. The SMILES string of the molecule is CCn1nc(C2CCN(C3CN(C(C)=O)C3)CC2)c2nc(-c3nc4cc(C)c(C(OC(C)(C)C)C(=O)O)c(-c5ccc(Cl)cc5)c4s3)ccc21. The van der Waals surface area contributed by atoms with Gasteiger partial charge in [-0.15, -0.1) is 11.3 Å². The number of carbonyl (C=O) groups excluding carboxylic acids is 1. The van der Waals surface area contributed by atoms with Crippen molar-refractivity contribution in [2.45, 2.75) is 84.6 Å². The van der Waals surface area contributed by atoms with Gasteiger partial charge in [0.05, 0.1) is 32.7 Å². The standard InChI is InChI=1S/C38H43ClN6O4S/c1-7-45-29-13-12-27(40-33(29)32(42-45)24-14-16-43(17-15-24)26-19-44(20-26)22(3)46)36-41-28-18-21(2)30(34(37(47)48)49-38(4,5)6)31(35(28)50-36)23-8-10-25(39)11-9-23/h8-13,18,24,26,34H,7,14-17,19-20H2,1-6H3,(H,47,48). The average Bonchev–Trinajstić information content (AvgIpc) is 3.64. The zero-order chi connectivity index (χ0) is 35.5. The normalized spacial score (nSPS) is 17.1. The number of amides is 1. The molecule has 7 rings (SSSR count). The molecule has 0 bridgehead atoms. The molecular weight excluding hydrogens is 672 g/mol. The first kappa shape index (κ1) is 34.5. The van der Waals surface area contributed by atoms with E-state index in [0.717, 1.165) is 99.9 Å². The Morgan fingerprint density at radius 2 is 1.78 bits per heavy atom. The number of rotatable bonds is 8. The summed E-state index contributed by atoms with van der Waals surface area (Å²) in [6, 6.07) is 14.0. The fourth-order valence-corrected chi connectivity index (χ4v) is 8.57. The molecule has 1 amide bonds. The molecule has 1 unspecified atom stereocenters. The van der Waals surface area contributed by atoms with Crippen molar-refractivity contribution < 1.29 is 19.4 Å². The molecule has 0 radical (unpaired) electrons. The summed E-state index contributed by atoms with van der Waals surface area (Å²) < 4.78 is 9.09. The van der Waals surface area contributed by atoms with E-state index in [1.54, 1.807) is 6.92 Å². The van der Waals surface area contributed by atoms with Gasteiger partial charge in [0.25, 0.3) is 0 Å². The Balaban J connectivity index is 1.28. The van der Waals surface area contributed by atoms with Crippen molar-refractivity contribution in [1.29, 1.82) is 0 Å². The van der Waals surface area contributed by atoms with E-state index in [-0.39, 0.29) is 5.91 Å². The minimum atomic E-state index is -1.18. The molecule has 1 N–H and O–H groups in total. The van der Waals surface area contributed by atoms with Crippen LogP contribution in [0.3, 0.4) is 0 Å². The number of carbonyl (C=O) groups is 2. The monoisotopic (exact) mass is 714 g/mol. The van der Waals surface area contributed by atoms with Gasteiger partial charge in [0.15, 0.2) is 6.10 Å². The Morgan fingerprint density at radius 1 is 1.08 bits per heavy atom. The second-order valence-corrected chi connectivity index (χ2v) is 15.9. The number of likely N-dealkylation sites (tertiary alicyclic amines) is 2. The van der Waals surface area contributed by atoms with E-state index in [1.807, 2.05) is 73.7 Å². The van der Waals surface area contributed by atoms with Crippen LogP contribution < -0.4 is 0 Å². The van der Waals surface area contributed by atoms with Crippen molar-refractivity contribution in [3.05, 3.63) is 64.3 Å². The minimum absolute atomic E-state index is 0.151.